The third-order valence-corrected chi connectivity index (χ3v) is 4.80. The molecule has 3 rings (SSSR count). The third-order valence-electron chi connectivity index (χ3n) is 4.80. The zero-order valence-electron chi connectivity index (χ0n) is 13.1. The summed E-state index contributed by atoms with van der Waals surface area (Å²) in [7, 11) is 0. The lowest BCUT2D eigenvalue weighted by atomic mass is 10.0. The second kappa shape index (κ2) is 6.53. The van der Waals surface area contributed by atoms with Crippen molar-refractivity contribution in [2.45, 2.75) is 45.1 Å². The number of aromatic nitrogens is 1. The Morgan fingerprint density at radius 1 is 1.41 bits per heavy atom. The van der Waals surface area contributed by atoms with Crippen LogP contribution in [0.15, 0.2) is 24.4 Å². The Labute approximate surface area is 130 Å². The molecule has 4 nitrogen and oxygen atoms in total. The quantitative estimate of drug-likeness (QED) is 0.795. The fourth-order valence-corrected chi connectivity index (χ4v) is 3.55. The second-order valence-corrected chi connectivity index (χ2v) is 6.40. The molecule has 1 aliphatic rings. The molecule has 1 aromatic carbocycles. The van der Waals surface area contributed by atoms with Gasteiger partial charge in [0.2, 0.25) is 5.91 Å². The van der Waals surface area contributed by atoms with E-state index in [-0.39, 0.29) is 5.91 Å². The monoisotopic (exact) mass is 300 g/mol. The third kappa shape index (κ3) is 3.17. The molecule has 0 spiro atoms. The van der Waals surface area contributed by atoms with Gasteiger partial charge in [-0.2, -0.15) is 0 Å². The van der Waals surface area contributed by atoms with E-state index in [4.69, 9.17) is 0 Å². The van der Waals surface area contributed by atoms with Crippen LogP contribution in [0.2, 0.25) is 0 Å². The number of fused-ring (bicyclic) bond motifs is 1. The van der Waals surface area contributed by atoms with Crippen molar-refractivity contribution in [3.8, 4) is 0 Å². The molecular weight excluding hydrogens is 276 g/mol. The molecule has 1 aromatic heterocycles. The maximum atomic E-state index is 12.1. The predicted molar refractivity (Wildman–Crippen MR) is 87.7 cm³/mol. The van der Waals surface area contributed by atoms with E-state index in [0.717, 1.165) is 29.3 Å². The van der Waals surface area contributed by atoms with E-state index in [9.17, 15) is 9.90 Å². The highest BCUT2D eigenvalue weighted by Gasteiger charge is 2.23. The van der Waals surface area contributed by atoms with Crippen LogP contribution in [0, 0.1) is 12.8 Å². The van der Waals surface area contributed by atoms with Gasteiger partial charge in [0.1, 0.15) is 0 Å². The molecule has 0 radical (unpaired) electrons. The van der Waals surface area contributed by atoms with Crippen molar-refractivity contribution in [1.82, 2.24) is 10.3 Å². The molecule has 1 fully saturated rings. The van der Waals surface area contributed by atoms with Gasteiger partial charge in [-0.25, -0.2) is 0 Å². The van der Waals surface area contributed by atoms with Gasteiger partial charge >= 0.3 is 0 Å². The summed E-state index contributed by atoms with van der Waals surface area (Å²) in [5.41, 5.74) is 3.25. The SMILES string of the molecule is Cc1cccc2[nH]cc(CC(=O)NCC(O)C3CCCC3)c12. The summed E-state index contributed by atoms with van der Waals surface area (Å²) < 4.78 is 0. The summed E-state index contributed by atoms with van der Waals surface area (Å²) in [6.45, 7) is 2.42. The van der Waals surface area contributed by atoms with Gasteiger partial charge in [0.25, 0.3) is 0 Å². The van der Waals surface area contributed by atoms with Gasteiger partial charge < -0.3 is 15.4 Å². The molecule has 1 atom stereocenters. The Kier molecular flexibility index (Phi) is 4.48. The number of aromatic amines is 1. The fraction of sp³-hybridized carbons (Fsp3) is 0.500. The van der Waals surface area contributed by atoms with E-state index in [1.165, 1.54) is 18.4 Å². The first-order valence-electron chi connectivity index (χ1n) is 8.15. The Morgan fingerprint density at radius 2 is 2.18 bits per heavy atom. The number of hydrogen-bond donors (Lipinski definition) is 3. The number of carbonyl (C=O) groups is 1. The summed E-state index contributed by atoms with van der Waals surface area (Å²) in [5.74, 6) is 0.330. The lowest BCUT2D eigenvalue weighted by Crippen LogP contribution is -2.36. The lowest BCUT2D eigenvalue weighted by Gasteiger charge is -2.18. The van der Waals surface area contributed by atoms with Crippen LogP contribution in [0.3, 0.4) is 0 Å². The minimum absolute atomic E-state index is 0.0267. The molecule has 0 saturated heterocycles. The molecule has 1 heterocycles. The summed E-state index contributed by atoms with van der Waals surface area (Å²) in [6.07, 6.45) is 6.41. The zero-order valence-corrected chi connectivity index (χ0v) is 13.1. The lowest BCUT2D eigenvalue weighted by molar-refractivity contribution is -0.121. The van der Waals surface area contributed by atoms with Crippen molar-refractivity contribution in [3.63, 3.8) is 0 Å². The number of H-pyrrole nitrogens is 1. The van der Waals surface area contributed by atoms with Crippen LogP contribution in [0.5, 0.6) is 0 Å². The minimum atomic E-state index is -0.406. The Morgan fingerprint density at radius 3 is 2.95 bits per heavy atom. The van der Waals surface area contributed by atoms with Crippen LogP contribution in [0.25, 0.3) is 10.9 Å². The highest BCUT2D eigenvalue weighted by Crippen LogP contribution is 2.27. The minimum Gasteiger partial charge on any atom is -0.391 e. The van der Waals surface area contributed by atoms with Crippen LogP contribution >= 0.6 is 0 Å². The second-order valence-electron chi connectivity index (χ2n) is 6.40. The molecule has 0 aliphatic heterocycles. The Bertz CT molecular complexity index is 656. The number of nitrogens with one attached hydrogen (secondary N) is 2. The van der Waals surface area contributed by atoms with Crippen molar-refractivity contribution in [3.05, 3.63) is 35.5 Å². The number of amides is 1. The predicted octanol–water partition coefficient (Wildman–Crippen LogP) is 2.69. The molecule has 0 bridgehead atoms. The van der Waals surface area contributed by atoms with Crippen LogP contribution in [-0.4, -0.2) is 28.6 Å². The van der Waals surface area contributed by atoms with Crippen LogP contribution < -0.4 is 5.32 Å². The first-order chi connectivity index (χ1) is 10.6. The van der Waals surface area contributed by atoms with E-state index >= 15 is 0 Å². The number of carbonyl (C=O) groups excluding carboxylic acids is 1. The summed E-state index contributed by atoms with van der Waals surface area (Å²) in [6, 6.07) is 6.09. The van der Waals surface area contributed by atoms with Gasteiger partial charge in [-0.05, 0) is 42.9 Å². The first kappa shape index (κ1) is 15.1. The van der Waals surface area contributed by atoms with Gasteiger partial charge in [-0.15, -0.1) is 0 Å². The molecule has 2 aromatic rings. The fourth-order valence-electron chi connectivity index (χ4n) is 3.55. The number of benzene rings is 1. The van der Waals surface area contributed by atoms with Crippen LogP contribution in [-0.2, 0) is 11.2 Å². The molecule has 1 saturated carbocycles. The standard InChI is InChI=1S/C18H24N2O2/c1-12-5-4-8-15-18(12)14(10-19-15)9-17(22)20-11-16(21)13-6-2-3-7-13/h4-5,8,10,13,16,19,21H,2-3,6-7,9,11H2,1H3,(H,20,22). The Hall–Kier alpha value is -1.81. The van der Waals surface area contributed by atoms with Crippen molar-refractivity contribution in [1.29, 1.82) is 0 Å². The number of aliphatic hydroxyl groups is 1. The van der Waals surface area contributed by atoms with Crippen molar-refractivity contribution < 1.29 is 9.90 Å². The number of rotatable bonds is 5. The van der Waals surface area contributed by atoms with Crippen molar-refractivity contribution in [2.24, 2.45) is 5.92 Å². The van der Waals surface area contributed by atoms with Gasteiger partial charge in [0.05, 0.1) is 12.5 Å². The number of hydrogen-bond acceptors (Lipinski definition) is 2. The average molecular weight is 300 g/mol. The van der Waals surface area contributed by atoms with Gasteiger partial charge in [0, 0.05) is 23.6 Å². The topological polar surface area (TPSA) is 65.1 Å². The maximum Gasteiger partial charge on any atom is 0.224 e. The molecule has 1 aliphatic carbocycles. The summed E-state index contributed by atoms with van der Waals surface area (Å²) >= 11 is 0. The van der Waals surface area contributed by atoms with Gasteiger partial charge in [-0.3, -0.25) is 4.79 Å². The number of aryl methyl sites for hydroxylation is 1. The number of aliphatic hydroxyl groups excluding tert-OH is 1. The average Bonchev–Trinajstić information content (AvgIpc) is 3.15. The molecule has 4 heteroatoms. The van der Waals surface area contributed by atoms with Crippen LogP contribution in [0.1, 0.15) is 36.8 Å². The van der Waals surface area contributed by atoms with Crippen molar-refractivity contribution >= 4 is 16.8 Å². The van der Waals surface area contributed by atoms with Crippen LogP contribution in [0.4, 0.5) is 0 Å². The smallest absolute Gasteiger partial charge is 0.224 e. The van der Waals surface area contributed by atoms with E-state index in [1.807, 2.05) is 18.3 Å². The van der Waals surface area contributed by atoms with E-state index in [0.29, 0.717) is 18.9 Å². The summed E-state index contributed by atoms with van der Waals surface area (Å²) in [5, 5.41) is 14.1. The molecule has 118 valence electrons. The normalized spacial score (nSPS) is 17.0. The van der Waals surface area contributed by atoms with E-state index in [1.54, 1.807) is 0 Å². The molecular formula is C18H24N2O2. The van der Waals surface area contributed by atoms with Gasteiger partial charge in [0.15, 0.2) is 0 Å². The molecule has 1 amide bonds. The largest absolute Gasteiger partial charge is 0.391 e. The molecule has 3 N–H and O–H groups in total. The highest BCUT2D eigenvalue weighted by molar-refractivity contribution is 5.91. The molecule has 1 unspecified atom stereocenters. The van der Waals surface area contributed by atoms with Gasteiger partial charge in [-0.1, -0.05) is 25.0 Å². The van der Waals surface area contributed by atoms with Crippen molar-refractivity contribution in [2.75, 3.05) is 6.54 Å². The van der Waals surface area contributed by atoms with E-state index < -0.39 is 6.10 Å². The van der Waals surface area contributed by atoms with E-state index in [2.05, 4.69) is 23.3 Å². The highest BCUT2D eigenvalue weighted by atomic mass is 16.3. The molecule has 22 heavy (non-hydrogen) atoms. The maximum absolute atomic E-state index is 12.1. The first-order valence-corrected chi connectivity index (χ1v) is 8.15. The summed E-state index contributed by atoms with van der Waals surface area (Å²) in [4.78, 5) is 15.4. The zero-order chi connectivity index (χ0) is 15.5. The Balaban J connectivity index is 1.59.